The molecule has 2 aromatic carbocycles. The Morgan fingerprint density at radius 2 is 1.86 bits per heavy atom. The van der Waals surface area contributed by atoms with E-state index in [9.17, 15) is 9.59 Å². The second-order valence-corrected chi connectivity index (χ2v) is 7.33. The molecule has 0 unspecified atom stereocenters. The molecule has 6 nitrogen and oxygen atoms in total. The van der Waals surface area contributed by atoms with E-state index in [1.807, 2.05) is 44.1 Å². The fourth-order valence-electron chi connectivity index (χ4n) is 3.09. The summed E-state index contributed by atoms with van der Waals surface area (Å²) in [5.41, 5.74) is 3.05. The number of anilines is 2. The standard InChI is InChI=1S/C22H28ClN3O3/c1-5-12-26(22(28)18-8-6-7-9-19(18)23)14-16-13-17(24-21(27)15-29-4)10-11-20(16)25(2)3/h6-11,13H,5,12,14-15H2,1-4H3,(H,24,27). The number of rotatable bonds is 9. The highest BCUT2D eigenvalue weighted by atomic mass is 35.5. The van der Waals surface area contributed by atoms with Crippen molar-refractivity contribution in [3.63, 3.8) is 0 Å². The van der Waals surface area contributed by atoms with Crippen LogP contribution in [0, 0.1) is 0 Å². The summed E-state index contributed by atoms with van der Waals surface area (Å²) in [6.07, 6.45) is 0.817. The summed E-state index contributed by atoms with van der Waals surface area (Å²) in [7, 11) is 5.37. The van der Waals surface area contributed by atoms with Crippen LogP contribution in [0.15, 0.2) is 42.5 Å². The Kier molecular flexibility index (Phi) is 8.49. The lowest BCUT2D eigenvalue weighted by Crippen LogP contribution is -2.32. The summed E-state index contributed by atoms with van der Waals surface area (Å²) in [6.45, 7) is 3.01. The van der Waals surface area contributed by atoms with Crippen LogP contribution in [0.5, 0.6) is 0 Å². The molecule has 0 aliphatic heterocycles. The van der Waals surface area contributed by atoms with Crippen LogP contribution in [0.2, 0.25) is 5.02 Å². The third-order valence-corrected chi connectivity index (χ3v) is 4.70. The number of amides is 2. The van der Waals surface area contributed by atoms with Crippen LogP contribution in [-0.2, 0) is 16.1 Å². The number of carbonyl (C=O) groups excluding carboxylic acids is 2. The molecule has 0 heterocycles. The van der Waals surface area contributed by atoms with Gasteiger partial charge < -0.3 is 19.9 Å². The van der Waals surface area contributed by atoms with Crippen LogP contribution in [0.25, 0.3) is 0 Å². The number of nitrogens with one attached hydrogen (secondary N) is 1. The van der Waals surface area contributed by atoms with Crippen molar-refractivity contribution in [2.24, 2.45) is 0 Å². The van der Waals surface area contributed by atoms with Crippen molar-refractivity contribution in [2.75, 3.05) is 44.6 Å². The summed E-state index contributed by atoms with van der Waals surface area (Å²) in [6, 6.07) is 12.7. The summed E-state index contributed by atoms with van der Waals surface area (Å²) in [4.78, 5) is 28.8. The third-order valence-electron chi connectivity index (χ3n) is 4.37. The van der Waals surface area contributed by atoms with Gasteiger partial charge in [0.2, 0.25) is 5.91 Å². The Labute approximate surface area is 177 Å². The summed E-state index contributed by atoms with van der Waals surface area (Å²) < 4.78 is 4.87. The highest BCUT2D eigenvalue weighted by Crippen LogP contribution is 2.26. The van der Waals surface area contributed by atoms with Gasteiger partial charge in [-0.3, -0.25) is 9.59 Å². The SMILES string of the molecule is CCCN(Cc1cc(NC(=O)COC)ccc1N(C)C)C(=O)c1ccccc1Cl. The molecule has 0 bridgehead atoms. The highest BCUT2D eigenvalue weighted by molar-refractivity contribution is 6.33. The molecule has 2 amide bonds. The molecule has 156 valence electrons. The Hall–Kier alpha value is -2.57. The van der Waals surface area contributed by atoms with Crippen molar-refractivity contribution >= 4 is 34.8 Å². The maximum Gasteiger partial charge on any atom is 0.255 e. The highest BCUT2D eigenvalue weighted by Gasteiger charge is 2.20. The Morgan fingerprint density at radius 3 is 2.48 bits per heavy atom. The van der Waals surface area contributed by atoms with E-state index >= 15 is 0 Å². The fraction of sp³-hybridized carbons (Fsp3) is 0.364. The number of ether oxygens (including phenoxy) is 1. The molecule has 0 fully saturated rings. The number of halogens is 1. The second kappa shape index (κ2) is 10.8. The van der Waals surface area contributed by atoms with Crippen molar-refractivity contribution in [3.05, 3.63) is 58.6 Å². The molecule has 0 aliphatic rings. The van der Waals surface area contributed by atoms with Gasteiger partial charge in [-0.25, -0.2) is 0 Å². The maximum absolute atomic E-state index is 13.1. The molecular weight excluding hydrogens is 390 g/mol. The summed E-state index contributed by atoms with van der Waals surface area (Å²) >= 11 is 6.25. The van der Waals surface area contributed by atoms with Gasteiger partial charge in [0, 0.05) is 45.7 Å². The number of benzene rings is 2. The van der Waals surface area contributed by atoms with E-state index in [1.165, 1.54) is 7.11 Å². The van der Waals surface area contributed by atoms with E-state index in [2.05, 4.69) is 5.32 Å². The zero-order valence-electron chi connectivity index (χ0n) is 17.4. The van der Waals surface area contributed by atoms with Gasteiger partial charge >= 0.3 is 0 Å². The molecule has 0 saturated carbocycles. The minimum atomic E-state index is -0.228. The van der Waals surface area contributed by atoms with Gasteiger partial charge in [0.25, 0.3) is 5.91 Å². The van der Waals surface area contributed by atoms with Crippen LogP contribution < -0.4 is 10.2 Å². The zero-order valence-corrected chi connectivity index (χ0v) is 18.1. The lowest BCUT2D eigenvalue weighted by Gasteiger charge is -2.26. The van der Waals surface area contributed by atoms with E-state index in [-0.39, 0.29) is 18.4 Å². The van der Waals surface area contributed by atoms with Gasteiger partial charge in [-0.2, -0.15) is 0 Å². The first-order valence-corrected chi connectivity index (χ1v) is 9.88. The first-order valence-electron chi connectivity index (χ1n) is 9.50. The Morgan fingerprint density at radius 1 is 1.14 bits per heavy atom. The quantitative estimate of drug-likeness (QED) is 0.668. The molecule has 2 rings (SSSR count). The van der Waals surface area contributed by atoms with Crippen molar-refractivity contribution in [1.82, 2.24) is 4.90 Å². The summed E-state index contributed by atoms with van der Waals surface area (Å²) in [5.74, 6) is -0.343. The van der Waals surface area contributed by atoms with E-state index < -0.39 is 0 Å². The van der Waals surface area contributed by atoms with Gasteiger partial charge in [0.05, 0.1) is 10.6 Å². The van der Waals surface area contributed by atoms with Gasteiger partial charge in [0.15, 0.2) is 0 Å². The predicted molar refractivity (Wildman–Crippen MR) is 118 cm³/mol. The molecule has 0 atom stereocenters. The normalized spacial score (nSPS) is 10.5. The molecule has 2 aromatic rings. The minimum absolute atomic E-state index is 0.0162. The number of nitrogens with zero attached hydrogens (tertiary/aromatic N) is 2. The first kappa shape index (κ1) is 22.7. The van der Waals surface area contributed by atoms with E-state index in [1.54, 1.807) is 29.2 Å². The third kappa shape index (κ3) is 6.21. The predicted octanol–water partition coefficient (Wildman–Crippen LogP) is 4.04. The zero-order chi connectivity index (χ0) is 21.4. The molecule has 0 radical (unpaired) electrons. The molecule has 0 aromatic heterocycles. The summed E-state index contributed by atoms with van der Waals surface area (Å²) in [5, 5.41) is 3.25. The van der Waals surface area contributed by atoms with Crippen LogP contribution in [0.1, 0.15) is 29.3 Å². The Balaban J connectivity index is 2.34. The molecule has 0 spiro atoms. The monoisotopic (exact) mass is 417 g/mol. The number of hydrogen-bond acceptors (Lipinski definition) is 4. The van der Waals surface area contributed by atoms with Gasteiger partial charge in [-0.15, -0.1) is 0 Å². The van der Waals surface area contributed by atoms with Gasteiger partial charge in [-0.1, -0.05) is 30.7 Å². The van der Waals surface area contributed by atoms with Crippen molar-refractivity contribution in [2.45, 2.75) is 19.9 Å². The maximum atomic E-state index is 13.1. The van der Waals surface area contributed by atoms with E-state index in [4.69, 9.17) is 16.3 Å². The molecule has 0 aliphatic carbocycles. The number of carbonyl (C=O) groups is 2. The van der Waals surface area contributed by atoms with Crippen LogP contribution in [0.4, 0.5) is 11.4 Å². The van der Waals surface area contributed by atoms with Crippen LogP contribution >= 0.6 is 11.6 Å². The largest absolute Gasteiger partial charge is 0.377 e. The molecular formula is C22H28ClN3O3. The van der Waals surface area contributed by atoms with E-state index in [0.29, 0.717) is 29.4 Å². The molecule has 29 heavy (non-hydrogen) atoms. The lowest BCUT2D eigenvalue weighted by atomic mass is 10.1. The molecule has 7 heteroatoms. The lowest BCUT2D eigenvalue weighted by molar-refractivity contribution is -0.119. The van der Waals surface area contributed by atoms with Crippen LogP contribution in [0.3, 0.4) is 0 Å². The van der Waals surface area contributed by atoms with Crippen LogP contribution in [-0.4, -0.2) is 51.1 Å². The second-order valence-electron chi connectivity index (χ2n) is 6.93. The average Bonchev–Trinajstić information content (AvgIpc) is 2.67. The Bertz CT molecular complexity index is 855. The van der Waals surface area contributed by atoms with Crippen molar-refractivity contribution in [3.8, 4) is 0 Å². The smallest absolute Gasteiger partial charge is 0.255 e. The van der Waals surface area contributed by atoms with Crippen molar-refractivity contribution < 1.29 is 14.3 Å². The fourth-order valence-corrected chi connectivity index (χ4v) is 3.30. The van der Waals surface area contributed by atoms with Gasteiger partial charge in [-0.05, 0) is 42.3 Å². The topological polar surface area (TPSA) is 61.9 Å². The first-order chi connectivity index (χ1) is 13.9. The molecule has 0 saturated heterocycles. The van der Waals surface area contributed by atoms with Crippen molar-refractivity contribution in [1.29, 1.82) is 0 Å². The molecule has 1 N–H and O–H groups in total. The minimum Gasteiger partial charge on any atom is -0.377 e. The number of hydrogen-bond donors (Lipinski definition) is 1. The number of methoxy groups -OCH3 is 1. The average molecular weight is 418 g/mol. The van der Waals surface area contributed by atoms with E-state index in [0.717, 1.165) is 17.7 Å². The van der Waals surface area contributed by atoms with Gasteiger partial charge in [0.1, 0.15) is 6.61 Å².